The van der Waals surface area contributed by atoms with Gasteiger partial charge in [-0.15, -0.1) is 0 Å². The maximum absolute atomic E-state index is 14.0. The van der Waals surface area contributed by atoms with Gasteiger partial charge in [0, 0.05) is 30.4 Å². The van der Waals surface area contributed by atoms with Crippen molar-refractivity contribution in [1.29, 1.82) is 0 Å². The summed E-state index contributed by atoms with van der Waals surface area (Å²) in [6, 6.07) is 8.32. The number of alkyl halides is 3. The molecule has 4 aromatic rings. The maximum atomic E-state index is 14.0. The molecule has 158 valence electrons. The van der Waals surface area contributed by atoms with Gasteiger partial charge in [0.05, 0.1) is 23.6 Å². The fraction of sp³-hybridized carbons (Fsp3) is 0.100. The zero-order valence-corrected chi connectivity index (χ0v) is 15.8. The molecule has 1 aromatic carbocycles. The number of benzene rings is 1. The molecule has 11 heteroatoms. The minimum atomic E-state index is -4.80. The van der Waals surface area contributed by atoms with E-state index in [2.05, 4.69) is 20.6 Å². The number of nitrogens with zero attached hydrogens (tertiary/aromatic N) is 4. The number of carbonyl (C=O) groups is 1. The molecular weight excluding hydrogens is 418 g/mol. The molecule has 0 radical (unpaired) electrons. The highest BCUT2D eigenvalue weighted by Crippen LogP contribution is 2.39. The normalized spacial score (nSPS) is 11.5. The lowest BCUT2D eigenvalue weighted by molar-refractivity contribution is -0.142. The maximum Gasteiger partial charge on any atom is 0.434 e. The number of rotatable bonds is 4. The molecule has 0 bridgehead atoms. The summed E-state index contributed by atoms with van der Waals surface area (Å²) in [5, 5.41) is 10.1. The smallest absolute Gasteiger partial charge is 0.356 e. The largest absolute Gasteiger partial charge is 0.434 e. The molecule has 0 aliphatic carbocycles. The third-order valence-electron chi connectivity index (χ3n) is 4.27. The van der Waals surface area contributed by atoms with Crippen molar-refractivity contribution < 1.29 is 26.9 Å². The highest BCUT2D eigenvalue weighted by molar-refractivity contribution is 5.89. The lowest BCUT2D eigenvalue weighted by Crippen LogP contribution is -2.15. The Morgan fingerprint density at radius 2 is 1.94 bits per heavy atom. The number of amides is 1. The third kappa shape index (κ3) is 4.02. The summed E-state index contributed by atoms with van der Waals surface area (Å²) in [4.78, 5) is 14.9. The van der Waals surface area contributed by atoms with Gasteiger partial charge in [-0.05, 0) is 24.3 Å². The van der Waals surface area contributed by atoms with Crippen LogP contribution < -0.4 is 5.32 Å². The number of carbonyl (C=O) groups excluding carboxylic acids is 1. The van der Waals surface area contributed by atoms with Crippen molar-refractivity contribution in [2.24, 2.45) is 0 Å². The summed E-state index contributed by atoms with van der Waals surface area (Å²) in [5.74, 6) is -1.29. The van der Waals surface area contributed by atoms with Crippen LogP contribution >= 0.6 is 0 Å². The standard InChI is InChI=1S/C20H13F4N5O2/c1-11(30)27-12-3-2-4-13(7-12)29-19(20(22,23)24)15(9-26-29)18-8-17(28-31-18)14-5-6-25-10-16(14)21/h2-10H,1H3,(H,27,30). The van der Waals surface area contributed by atoms with E-state index in [1.807, 2.05) is 0 Å². The van der Waals surface area contributed by atoms with E-state index in [-0.39, 0.29) is 34.2 Å². The molecule has 0 atom stereocenters. The van der Waals surface area contributed by atoms with Crippen LogP contribution in [0, 0.1) is 5.82 Å². The van der Waals surface area contributed by atoms with Crippen molar-refractivity contribution in [3.63, 3.8) is 0 Å². The number of hydrogen-bond acceptors (Lipinski definition) is 5. The first-order valence-electron chi connectivity index (χ1n) is 8.84. The van der Waals surface area contributed by atoms with E-state index in [9.17, 15) is 22.4 Å². The molecule has 0 unspecified atom stereocenters. The van der Waals surface area contributed by atoms with Crippen LogP contribution in [0.3, 0.4) is 0 Å². The first-order valence-corrected chi connectivity index (χ1v) is 8.84. The highest BCUT2D eigenvalue weighted by Gasteiger charge is 2.40. The lowest BCUT2D eigenvalue weighted by Gasteiger charge is -2.13. The summed E-state index contributed by atoms with van der Waals surface area (Å²) >= 11 is 0. The number of hydrogen-bond donors (Lipinski definition) is 1. The molecule has 0 saturated heterocycles. The average Bonchev–Trinajstić information content (AvgIpc) is 3.35. The van der Waals surface area contributed by atoms with Crippen molar-refractivity contribution >= 4 is 11.6 Å². The predicted octanol–water partition coefficient (Wildman–Crippen LogP) is 4.71. The van der Waals surface area contributed by atoms with Crippen molar-refractivity contribution in [2.75, 3.05) is 5.32 Å². The Labute approximate surface area is 172 Å². The van der Waals surface area contributed by atoms with Gasteiger partial charge in [-0.25, -0.2) is 9.07 Å². The molecule has 4 rings (SSSR count). The average molecular weight is 431 g/mol. The Balaban J connectivity index is 1.81. The van der Waals surface area contributed by atoms with E-state index in [1.54, 1.807) is 0 Å². The van der Waals surface area contributed by atoms with Crippen molar-refractivity contribution in [1.82, 2.24) is 19.9 Å². The van der Waals surface area contributed by atoms with Crippen LogP contribution in [0.1, 0.15) is 12.6 Å². The first kappa shape index (κ1) is 20.3. The van der Waals surface area contributed by atoms with E-state index in [1.165, 1.54) is 49.5 Å². The van der Waals surface area contributed by atoms with Gasteiger partial charge in [0.2, 0.25) is 5.91 Å². The van der Waals surface area contributed by atoms with Gasteiger partial charge >= 0.3 is 6.18 Å². The van der Waals surface area contributed by atoms with E-state index >= 15 is 0 Å². The molecule has 1 N–H and O–H groups in total. The predicted molar refractivity (Wildman–Crippen MR) is 102 cm³/mol. The van der Waals surface area contributed by atoms with Crippen LogP contribution in [0.4, 0.5) is 23.2 Å². The number of aromatic nitrogens is 4. The Morgan fingerprint density at radius 3 is 2.65 bits per heavy atom. The Hall–Kier alpha value is -4.02. The summed E-state index contributed by atoms with van der Waals surface area (Å²) in [7, 11) is 0. The number of halogens is 4. The van der Waals surface area contributed by atoms with Crippen molar-refractivity contribution in [3.8, 4) is 28.3 Å². The van der Waals surface area contributed by atoms with E-state index in [0.717, 1.165) is 12.4 Å². The molecule has 0 aliphatic rings. The van der Waals surface area contributed by atoms with Crippen LogP contribution in [-0.4, -0.2) is 25.8 Å². The fourth-order valence-electron chi connectivity index (χ4n) is 3.03. The Morgan fingerprint density at radius 1 is 1.13 bits per heavy atom. The Kier molecular flexibility index (Phi) is 5.01. The van der Waals surface area contributed by atoms with Gasteiger partial charge in [0.25, 0.3) is 0 Å². The first-order chi connectivity index (χ1) is 14.7. The monoisotopic (exact) mass is 431 g/mol. The minimum Gasteiger partial charge on any atom is -0.356 e. The molecule has 3 aromatic heterocycles. The number of anilines is 1. The van der Waals surface area contributed by atoms with Crippen molar-refractivity contribution in [3.05, 3.63) is 66.5 Å². The van der Waals surface area contributed by atoms with E-state index in [4.69, 9.17) is 4.52 Å². The molecule has 0 saturated carbocycles. The van der Waals surface area contributed by atoms with Crippen LogP contribution in [0.2, 0.25) is 0 Å². The zero-order valence-electron chi connectivity index (χ0n) is 15.8. The van der Waals surface area contributed by atoms with Crippen LogP contribution in [0.5, 0.6) is 0 Å². The molecule has 0 spiro atoms. The topological polar surface area (TPSA) is 85.8 Å². The quantitative estimate of drug-likeness (QED) is 0.473. The summed E-state index contributed by atoms with van der Waals surface area (Å²) in [6.07, 6.45) is -1.52. The van der Waals surface area contributed by atoms with Gasteiger partial charge in [-0.1, -0.05) is 11.2 Å². The highest BCUT2D eigenvalue weighted by atomic mass is 19.4. The molecule has 0 fully saturated rings. The molecule has 0 aliphatic heterocycles. The van der Waals surface area contributed by atoms with Gasteiger partial charge in [-0.2, -0.15) is 18.3 Å². The summed E-state index contributed by atoms with van der Waals surface area (Å²) in [5.41, 5.74) is -1.04. The molecule has 1 amide bonds. The zero-order chi connectivity index (χ0) is 22.2. The summed E-state index contributed by atoms with van der Waals surface area (Å²) < 4.78 is 61.6. The second kappa shape index (κ2) is 7.67. The number of nitrogens with one attached hydrogen (secondary N) is 1. The lowest BCUT2D eigenvalue weighted by atomic mass is 10.1. The van der Waals surface area contributed by atoms with Crippen LogP contribution in [-0.2, 0) is 11.0 Å². The molecule has 7 nitrogen and oxygen atoms in total. The van der Waals surface area contributed by atoms with Gasteiger partial charge in [0.1, 0.15) is 5.69 Å². The third-order valence-corrected chi connectivity index (χ3v) is 4.27. The van der Waals surface area contributed by atoms with Crippen LogP contribution in [0.15, 0.2) is 59.5 Å². The SMILES string of the molecule is CC(=O)Nc1cccc(-n2ncc(-c3cc(-c4ccncc4F)no3)c2C(F)(F)F)c1. The second-order valence-electron chi connectivity index (χ2n) is 6.48. The van der Waals surface area contributed by atoms with Crippen molar-refractivity contribution in [2.45, 2.75) is 13.1 Å². The minimum absolute atomic E-state index is 0.0171. The fourth-order valence-corrected chi connectivity index (χ4v) is 3.03. The molecule has 3 heterocycles. The summed E-state index contributed by atoms with van der Waals surface area (Å²) in [6.45, 7) is 1.28. The molecular formula is C20H13F4N5O2. The second-order valence-corrected chi connectivity index (χ2v) is 6.48. The van der Waals surface area contributed by atoms with E-state index < -0.39 is 17.7 Å². The van der Waals surface area contributed by atoms with Crippen LogP contribution in [0.25, 0.3) is 28.3 Å². The molecule has 31 heavy (non-hydrogen) atoms. The van der Waals surface area contributed by atoms with Gasteiger partial charge in [-0.3, -0.25) is 9.78 Å². The van der Waals surface area contributed by atoms with Gasteiger partial charge < -0.3 is 9.84 Å². The Bertz CT molecular complexity index is 1260. The van der Waals surface area contributed by atoms with E-state index in [0.29, 0.717) is 10.4 Å². The van der Waals surface area contributed by atoms with Gasteiger partial charge in [0.15, 0.2) is 17.3 Å². The number of pyridine rings is 1.